The SMILES string of the molecule is CCN(CCN(C)CC[C@H]1CC[C@H](NC(=O)CC(C)(C)O)CC1)c1noc2ccc(F)cc12. The molecule has 0 spiro atoms. The second-order valence-corrected chi connectivity index (χ2v) is 10.1. The van der Waals surface area contributed by atoms with Gasteiger partial charge >= 0.3 is 0 Å². The van der Waals surface area contributed by atoms with Crippen molar-refractivity contribution in [1.82, 2.24) is 15.4 Å². The number of rotatable bonds is 11. The van der Waals surface area contributed by atoms with Crippen molar-refractivity contribution < 1.29 is 18.8 Å². The summed E-state index contributed by atoms with van der Waals surface area (Å²) in [7, 11) is 2.14. The Morgan fingerprint density at radius 1 is 1.24 bits per heavy atom. The standard InChI is InChI=1S/C25H39FN4O3/c1-5-30(24-21-16-19(26)8-11-22(21)33-28-24)15-14-29(4)13-12-18-6-9-20(10-7-18)27-23(31)17-25(2,3)32/h8,11,16,18,20,32H,5-7,9-10,12-15,17H2,1-4H3,(H,27,31)/t18-,20-. The molecule has 0 atom stereocenters. The lowest BCUT2D eigenvalue weighted by Gasteiger charge is -2.31. The van der Waals surface area contributed by atoms with E-state index in [0.717, 1.165) is 58.3 Å². The Kier molecular flexibility index (Phi) is 8.70. The van der Waals surface area contributed by atoms with Gasteiger partial charge in [0.15, 0.2) is 11.4 Å². The third-order valence-electron chi connectivity index (χ3n) is 6.57. The minimum Gasteiger partial charge on any atom is -0.390 e. The molecule has 1 amide bonds. The molecule has 3 rings (SSSR count). The van der Waals surface area contributed by atoms with Crippen LogP contribution in [0.5, 0.6) is 0 Å². The fourth-order valence-corrected chi connectivity index (χ4v) is 4.61. The lowest BCUT2D eigenvalue weighted by atomic mass is 9.84. The number of halogens is 1. The van der Waals surface area contributed by atoms with Gasteiger partial charge in [-0.15, -0.1) is 0 Å². The van der Waals surface area contributed by atoms with Crippen LogP contribution in [-0.4, -0.2) is 65.9 Å². The molecule has 2 N–H and O–H groups in total. The molecule has 0 bridgehead atoms. The van der Waals surface area contributed by atoms with Crippen LogP contribution in [0.25, 0.3) is 11.0 Å². The van der Waals surface area contributed by atoms with Crippen molar-refractivity contribution in [2.75, 3.05) is 38.1 Å². The van der Waals surface area contributed by atoms with E-state index in [1.807, 2.05) is 0 Å². The molecule has 1 aliphatic carbocycles. The fraction of sp³-hybridized carbons (Fsp3) is 0.680. The number of nitrogens with zero attached hydrogens (tertiary/aromatic N) is 3. The Morgan fingerprint density at radius 3 is 2.64 bits per heavy atom. The van der Waals surface area contributed by atoms with Crippen molar-refractivity contribution in [2.24, 2.45) is 5.92 Å². The van der Waals surface area contributed by atoms with Gasteiger partial charge < -0.3 is 24.7 Å². The Bertz CT molecular complexity index is 903. The van der Waals surface area contributed by atoms with Crippen molar-refractivity contribution in [3.63, 3.8) is 0 Å². The van der Waals surface area contributed by atoms with Crippen molar-refractivity contribution in [2.45, 2.75) is 70.9 Å². The molecule has 0 radical (unpaired) electrons. The van der Waals surface area contributed by atoms with Crippen molar-refractivity contribution in [3.05, 3.63) is 24.0 Å². The first-order valence-corrected chi connectivity index (χ1v) is 12.1. The molecule has 7 nitrogen and oxygen atoms in total. The van der Waals surface area contributed by atoms with Gasteiger partial charge in [-0.2, -0.15) is 0 Å². The lowest BCUT2D eigenvalue weighted by molar-refractivity contribution is -0.125. The highest BCUT2D eigenvalue weighted by molar-refractivity contribution is 5.88. The third kappa shape index (κ3) is 7.67. The number of carbonyl (C=O) groups is 1. The van der Waals surface area contributed by atoms with E-state index in [1.54, 1.807) is 19.9 Å². The Balaban J connectivity index is 1.38. The summed E-state index contributed by atoms with van der Waals surface area (Å²) in [6, 6.07) is 4.72. The molecule has 0 unspecified atom stereocenters. The molecule has 1 aromatic carbocycles. The largest absolute Gasteiger partial charge is 0.390 e. The molecule has 8 heteroatoms. The number of aromatic nitrogens is 1. The van der Waals surface area contributed by atoms with Crippen LogP contribution in [-0.2, 0) is 4.79 Å². The van der Waals surface area contributed by atoms with E-state index in [1.165, 1.54) is 12.1 Å². The second kappa shape index (κ2) is 11.3. The number of anilines is 1. The summed E-state index contributed by atoms with van der Waals surface area (Å²) < 4.78 is 19.0. The number of nitrogens with one attached hydrogen (secondary N) is 1. The van der Waals surface area contributed by atoms with E-state index < -0.39 is 5.60 Å². The van der Waals surface area contributed by atoms with Crippen LogP contribution < -0.4 is 10.2 Å². The molecule has 1 aliphatic rings. The van der Waals surface area contributed by atoms with Crippen molar-refractivity contribution >= 4 is 22.7 Å². The van der Waals surface area contributed by atoms with Crippen LogP contribution in [0, 0.1) is 11.7 Å². The predicted molar refractivity (Wildman–Crippen MR) is 129 cm³/mol. The number of amides is 1. The van der Waals surface area contributed by atoms with Gasteiger partial charge in [0, 0.05) is 25.7 Å². The minimum absolute atomic E-state index is 0.0613. The zero-order valence-electron chi connectivity index (χ0n) is 20.4. The van der Waals surface area contributed by atoms with Gasteiger partial charge in [-0.1, -0.05) is 5.16 Å². The highest BCUT2D eigenvalue weighted by Crippen LogP contribution is 2.28. The van der Waals surface area contributed by atoms with Crippen LogP contribution in [0.1, 0.15) is 59.3 Å². The number of fused-ring (bicyclic) bond motifs is 1. The number of hydrogen-bond acceptors (Lipinski definition) is 6. The smallest absolute Gasteiger partial charge is 0.223 e. The molecule has 2 aromatic rings. The second-order valence-electron chi connectivity index (χ2n) is 10.1. The van der Waals surface area contributed by atoms with Gasteiger partial charge in [0.05, 0.1) is 17.4 Å². The average molecular weight is 463 g/mol. The molecule has 184 valence electrons. The highest BCUT2D eigenvalue weighted by atomic mass is 19.1. The maximum Gasteiger partial charge on any atom is 0.223 e. The Labute approximate surface area is 196 Å². The van der Waals surface area contributed by atoms with Gasteiger partial charge in [0.1, 0.15) is 5.82 Å². The molecule has 33 heavy (non-hydrogen) atoms. The molecule has 1 aromatic heterocycles. The fourth-order valence-electron chi connectivity index (χ4n) is 4.61. The Hall–Kier alpha value is -2.19. The first kappa shape index (κ1) is 25.4. The monoisotopic (exact) mass is 462 g/mol. The van der Waals surface area contributed by atoms with Gasteiger partial charge in [-0.25, -0.2) is 4.39 Å². The normalized spacial score (nSPS) is 19.2. The van der Waals surface area contributed by atoms with Gasteiger partial charge in [0.2, 0.25) is 5.91 Å². The maximum atomic E-state index is 13.7. The Morgan fingerprint density at radius 2 is 1.97 bits per heavy atom. The topological polar surface area (TPSA) is 81.8 Å². The zero-order valence-corrected chi connectivity index (χ0v) is 20.4. The van der Waals surface area contributed by atoms with Gasteiger partial charge in [-0.05, 0) is 90.6 Å². The number of likely N-dealkylation sites (N-methyl/N-ethyl adjacent to an activating group) is 2. The van der Waals surface area contributed by atoms with Crippen LogP contribution in [0.2, 0.25) is 0 Å². The van der Waals surface area contributed by atoms with E-state index in [4.69, 9.17) is 4.52 Å². The van der Waals surface area contributed by atoms with E-state index in [9.17, 15) is 14.3 Å². The number of aliphatic hydroxyl groups is 1. The minimum atomic E-state index is -0.962. The van der Waals surface area contributed by atoms with Crippen molar-refractivity contribution in [1.29, 1.82) is 0 Å². The van der Waals surface area contributed by atoms with Crippen LogP contribution in [0.4, 0.5) is 10.2 Å². The van der Waals surface area contributed by atoms with Crippen LogP contribution >= 0.6 is 0 Å². The van der Waals surface area contributed by atoms with Gasteiger partial charge in [-0.3, -0.25) is 4.79 Å². The molecule has 1 heterocycles. The summed E-state index contributed by atoms with van der Waals surface area (Å²) >= 11 is 0. The summed E-state index contributed by atoms with van der Waals surface area (Å²) in [4.78, 5) is 16.5. The number of hydrogen-bond donors (Lipinski definition) is 2. The number of benzene rings is 1. The predicted octanol–water partition coefficient (Wildman–Crippen LogP) is 3.95. The molecule has 0 aliphatic heterocycles. The summed E-state index contributed by atoms with van der Waals surface area (Å²) in [6.45, 7) is 8.87. The summed E-state index contributed by atoms with van der Waals surface area (Å²) in [5, 5.41) is 17.8. The van der Waals surface area contributed by atoms with Crippen LogP contribution in [0.3, 0.4) is 0 Å². The molecular formula is C25H39FN4O3. The average Bonchev–Trinajstić information content (AvgIpc) is 3.15. The van der Waals surface area contributed by atoms with E-state index >= 15 is 0 Å². The van der Waals surface area contributed by atoms with Gasteiger partial charge in [0.25, 0.3) is 0 Å². The quantitative estimate of drug-likeness (QED) is 0.526. The summed E-state index contributed by atoms with van der Waals surface area (Å²) in [5.74, 6) is 1.03. The van der Waals surface area contributed by atoms with Crippen molar-refractivity contribution in [3.8, 4) is 0 Å². The van der Waals surface area contributed by atoms with E-state index in [2.05, 4.69) is 34.2 Å². The molecule has 0 saturated heterocycles. The first-order chi connectivity index (χ1) is 15.6. The zero-order chi connectivity index (χ0) is 24.0. The van der Waals surface area contributed by atoms with Crippen LogP contribution in [0.15, 0.2) is 22.7 Å². The van der Waals surface area contributed by atoms with E-state index in [-0.39, 0.29) is 24.2 Å². The molecule has 1 saturated carbocycles. The number of carbonyl (C=O) groups excluding carboxylic acids is 1. The van der Waals surface area contributed by atoms with E-state index in [0.29, 0.717) is 22.7 Å². The summed E-state index contributed by atoms with van der Waals surface area (Å²) in [6.07, 6.45) is 5.55. The lowest BCUT2D eigenvalue weighted by Crippen LogP contribution is -2.41. The maximum absolute atomic E-state index is 13.7. The highest BCUT2D eigenvalue weighted by Gasteiger charge is 2.25. The molecule has 1 fully saturated rings. The first-order valence-electron chi connectivity index (χ1n) is 12.1. The molecular weight excluding hydrogens is 423 g/mol. The third-order valence-corrected chi connectivity index (χ3v) is 6.57. The summed E-state index contributed by atoms with van der Waals surface area (Å²) in [5.41, 5.74) is -0.360.